The van der Waals surface area contributed by atoms with Gasteiger partial charge in [-0.2, -0.15) is 0 Å². The number of hydrogen-bond donors (Lipinski definition) is 2. The number of carboxylic acid groups (broad SMARTS) is 1. The molecular weight excluding hydrogens is 278 g/mol. The van der Waals surface area contributed by atoms with Crippen molar-refractivity contribution in [2.75, 3.05) is 0 Å². The van der Waals surface area contributed by atoms with E-state index in [-0.39, 0.29) is 6.42 Å². The molecular formula is C10H8ClF4NO2. The maximum atomic E-state index is 13.4. The molecule has 1 aromatic carbocycles. The number of rotatable bonds is 4. The zero-order valence-electron chi connectivity index (χ0n) is 8.81. The number of hydrogen-bond acceptors (Lipinski definition) is 2. The highest BCUT2D eigenvalue weighted by molar-refractivity contribution is 6.30. The largest absolute Gasteiger partial charge is 0.481 e. The van der Waals surface area contributed by atoms with Crippen LogP contribution < -0.4 is 5.73 Å². The maximum Gasteiger partial charge on any atom is 0.303 e. The molecule has 0 aliphatic rings. The van der Waals surface area contributed by atoms with Crippen molar-refractivity contribution in [3.05, 3.63) is 33.9 Å². The van der Waals surface area contributed by atoms with E-state index in [4.69, 9.17) is 22.4 Å². The van der Waals surface area contributed by atoms with E-state index < -0.39 is 52.3 Å². The highest BCUT2D eigenvalue weighted by atomic mass is 35.5. The van der Waals surface area contributed by atoms with E-state index in [2.05, 4.69) is 0 Å². The fourth-order valence-corrected chi connectivity index (χ4v) is 1.54. The van der Waals surface area contributed by atoms with Gasteiger partial charge < -0.3 is 10.8 Å². The molecule has 0 aromatic heterocycles. The quantitative estimate of drug-likeness (QED) is 0.508. The van der Waals surface area contributed by atoms with Gasteiger partial charge in [0.25, 0.3) is 0 Å². The van der Waals surface area contributed by atoms with Gasteiger partial charge in [-0.05, 0) is 6.42 Å². The van der Waals surface area contributed by atoms with Crippen molar-refractivity contribution < 1.29 is 27.5 Å². The monoisotopic (exact) mass is 285 g/mol. The van der Waals surface area contributed by atoms with Gasteiger partial charge in [0.15, 0.2) is 23.3 Å². The lowest BCUT2D eigenvalue weighted by Gasteiger charge is -2.14. The lowest BCUT2D eigenvalue weighted by atomic mass is 10.0. The number of nitrogens with two attached hydrogens (primary N) is 1. The Hall–Kier alpha value is -1.34. The predicted octanol–water partition coefficient (Wildman–Crippen LogP) is 2.76. The molecule has 0 spiro atoms. The van der Waals surface area contributed by atoms with Gasteiger partial charge in [-0.3, -0.25) is 4.79 Å². The second kappa shape index (κ2) is 5.53. The molecule has 18 heavy (non-hydrogen) atoms. The van der Waals surface area contributed by atoms with Crippen molar-refractivity contribution in [3.63, 3.8) is 0 Å². The van der Waals surface area contributed by atoms with Gasteiger partial charge in [0.05, 0.1) is 0 Å². The normalized spacial score (nSPS) is 12.6. The fraction of sp³-hybridized carbons (Fsp3) is 0.300. The Morgan fingerprint density at radius 1 is 1.17 bits per heavy atom. The average Bonchev–Trinajstić information content (AvgIpc) is 2.31. The van der Waals surface area contributed by atoms with E-state index in [1.165, 1.54) is 0 Å². The van der Waals surface area contributed by atoms with Gasteiger partial charge in [0.2, 0.25) is 0 Å². The zero-order valence-corrected chi connectivity index (χ0v) is 9.57. The summed E-state index contributed by atoms with van der Waals surface area (Å²) in [6, 6.07) is -1.48. The zero-order chi connectivity index (χ0) is 14.0. The van der Waals surface area contributed by atoms with Crippen LogP contribution in [0.15, 0.2) is 0 Å². The summed E-state index contributed by atoms with van der Waals surface area (Å²) in [4.78, 5) is 10.3. The summed E-state index contributed by atoms with van der Waals surface area (Å²) in [6.07, 6.45) is -0.865. The van der Waals surface area contributed by atoms with Crippen LogP contribution >= 0.6 is 11.6 Å². The van der Waals surface area contributed by atoms with Crippen molar-refractivity contribution in [1.29, 1.82) is 0 Å². The van der Waals surface area contributed by atoms with Crippen molar-refractivity contribution in [3.8, 4) is 0 Å². The van der Waals surface area contributed by atoms with Gasteiger partial charge in [-0.15, -0.1) is 0 Å². The molecule has 0 saturated carbocycles. The first kappa shape index (κ1) is 14.7. The molecule has 3 nitrogen and oxygen atoms in total. The molecule has 0 bridgehead atoms. The smallest absolute Gasteiger partial charge is 0.303 e. The summed E-state index contributed by atoms with van der Waals surface area (Å²) in [5.41, 5.74) is 4.27. The Balaban J connectivity index is 3.20. The molecule has 0 heterocycles. The highest BCUT2D eigenvalue weighted by Crippen LogP contribution is 2.31. The Bertz CT molecular complexity index is 466. The van der Waals surface area contributed by atoms with Crippen LogP contribution in [0.4, 0.5) is 17.6 Å². The summed E-state index contributed by atoms with van der Waals surface area (Å²) >= 11 is 5.03. The lowest BCUT2D eigenvalue weighted by Crippen LogP contribution is -2.18. The summed E-state index contributed by atoms with van der Waals surface area (Å²) in [6.45, 7) is 0. The summed E-state index contributed by atoms with van der Waals surface area (Å²) in [5.74, 6) is -8.18. The molecule has 0 amide bonds. The Kier molecular flexibility index (Phi) is 4.53. The van der Waals surface area contributed by atoms with Gasteiger partial charge in [0.1, 0.15) is 5.02 Å². The van der Waals surface area contributed by atoms with Crippen LogP contribution in [0.25, 0.3) is 0 Å². The van der Waals surface area contributed by atoms with Gasteiger partial charge in [-0.1, -0.05) is 11.6 Å². The first-order valence-electron chi connectivity index (χ1n) is 4.76. The molecule has 0 fully saturated rings. The summed E-state index contributed by atoms with van der Waals surface area (Å²) < 4.78 is 53.0. The fourth-order valence-electron chi connectivity index (χ4n) is 1.37. The van der Waals surface area contributed by atoms with Crippen LogP contribution in [0.1, 0.15) is 24.4 Å². The number of benzene rings is 1. The number of carboxylic acids is 1. The molecule has 0 aliphatic carbocycles. The molecule has 0 aliphatic heterocycles. The second-order valence-corrected chi connectivity index (χ2v) is 3.90. The molecule has 1 unspecified atom stereocenters. The van der Waals surface area contributed by atoms with Crippen molar-refractivity contribution in [2.24, 2.45) is 5.73 Å². The SMILES string of the molecule is NC(CCC(=O)O)c1c(F)c(F)c(Cl)c(F)c1F. The third-order valence-corrected chi connectivity index (χ3v) is 2.62. The first-order valence-corrected chi connectivity index (χ1v) is 5.13. The van der Waals surface area contributed by atoms with E-state index in [0.717, 1.165) is 0 Å². The van der Waals surface area contributed by atoms with Gasteiger partial charge >= 0.3 is 5.97 Å². The minimum Gasteiger partial charge on any atom is -0.481 e. The maximum absolute atomic E-state index is 13.4. The summed E-state index contributed by atoms with van der Waals surface area (Å²) in [5, 5.41) is 7.08. The molecule has 8 heteroatoms. The van der Waals surface area contributed by atoms with Crippen LogP contribution in [-0.4, -0.2) is 11.1 Å². The average molecular weight is 286 g/mol. The van der Waals surface area contributed by atoms with E-state index >= 15 is 0 Å². The van der Waals surface area contributed by atoms with Crippen LogP contribution in [0.2, 0.25) is 5.02 Å². The van der Waals surface area contributed by atoms with Crippen molar-refractivity contribution >= 4 is 17.6 Å². The second-order valence-electron chi connectivity index (χ2n) is 3.52. The summed E-state index contributed by atoms with van der Waals surface area (Å²) in [7, 11) is 0. The van der Waals surface area contributed by atoms with E-state index in [9.17, 15) is 22.4 Å². The Morgan fingerprint density at radius 2 is 1.61 bits per heavy atom. The topological polar surface area (TPSA) is 63.3 Å². The first-order chi connectivity index (χ1) is 8.27. The third kappa shape index (κ3) is 2.73. The van der Waals surface area contributed by atoms with Crippen LogP contribution in [0, 0.1) is 23.3 Å². The molecule has 3 N–H and O–H groups in total. The minimum absolute atomic E-state index is 0.371. The molecule has 1 rings (SSSR count). The Labute approximate surface area is 104 Å². The predicted molar refractivity (Wildman–Crippen MR) is 55.1 cm³/mol. The highest BCUT2D eigenvalue weighted by Gasteiger charge is 2.27. The minimum atomic E-state index is -1.75. The van der Waals surface area contributed by atoms with Crippen LogP contribution in [0.5, 0.6) is 0 Å². The van der Waals surface area contributed by atoms with E-state index in [1.807, 2.05) is 0 Å². The van der Waals surface area contributed by atoms with Gasteiger partial charge in [-0.25, -0.2) is 17.6 Å². The van der Waals surface area contributed by atoms with E-state index in [1.54, 1.807) is 0 Å². The number of carbonyl (C=O) groups is 1. The molecule has 0 saturated heterocycles. The molecule has 1 atom stereocenters. The standard InChI is InChI=1S/C10H8ClF4NO2/c11-6-9(14)7(12)5(8(13)10(6)15)3(16)1-2-4(17)18/h3H,1-2,16H2,(H,17,18). The van der Waals surface area contributed by atoms with Gasteiger partial charge in [0, 0.05) is 18.0 Å². The third-order valence-electron chi connectivity index (χ3n) is 2.28. The van der Waals surface area contributed by atoms with E-state index in [0.29, 0.717) is 0 Å². The van der Waals surface area contributed by atoms with Crippen molar-refractivity contribution in [2.45, 2.75) is 18.9 Å². The van der Waals surface area contributed by atoms with Crippen molar-refractivity contribution in [1.82, 2.24) is 0 Å². The van der Waals surface area contributed by atoms with Crippen LogP contribution in [0.3, 0.4) is 0 Å². The lowest BCUT2D eigenvalue weighted by molar-refractivity contribution is -0.137. The van der Waals surface area contributed by atoms with Crippen LogP contribution in [-0.2, 0) is 4.79 Å². The number of aliphatic carboxylic acids is 1. The number of halogens is 5. The Morgan fingerprint density at radius 3 is 2.00 bits per heavy atom. The molecule has 1 aromatic rings. The molecule has 0 radical (unpaired) electrons. The molecule has 100 valence electrons.